The molecule has 0 saturated carbocycles. The van der Waals surface area contributed by atoms with E-state index in [1.807, 2.05) is 0 Å². The van der Waals surface area contributed by atoms with Crippen LogP contribution < -0.4 is 10.00 Å². The summed E-state index contributed by atoms with van der Waals surface area (Å²) in [4.78, 5) is 20.8. The fourth-order valence-corrected chi connectivity index (χ4v) is 1.36. The van der Waals surface area contributed by atoms with Crippen molar-refractivity contribution in [1.29, 1.82) is 0 Å². The van der Waals surface area contributed by atoms with Crippen molar-refractivity contribution >= 4 is 14.0 Å². The number of aliphatic carboxylic acids is 1. The normalized spacial score (nSPS) is 13.8. The predicted octanol–water partition coefficient (Wildman–Crippen LogP) is -0.957. The third kappa shape index (κ3) is 2.65. The van der Waals surface area contributed by atoms with Crippen LogP contribution in [0.25, 0.3) is 0 Å². The van der Waals surface area contributed by atoms with Crippen LogP contribution in [-0.4, -0.2) is 11.6 Å². The lowest BCUT2D eigenvalue weighted by atomic mass is 10.2. The summed E-state index contributed by atoms with van der Waals surface area (Å²) in [5.74, 6) is -1.29. The van der Waals surface area contributed by atoms with Crippen molar-refractivity contribution in [2.75, 3.05) is 0 Å². The highest BCUT2D eigenvalue weighted by Crippen LogP contribution is 2.21. The molecule has 0 aliphatic rings. The van der Waals surface area contributed by atoms with Gasteiger partial charge in [0.1, 0.15) is 5.76 Å². The van der Waals surface area contributed by atoms with Crippen molar-refractivity contribution in [1.82, 2.24) is 0 Å². The molecule has 0 amide bonds. The number of hydrogen-bond acceptors (Lipinski definition) is 5. The largest absolute Gasteiger partial charge is 0.595 e. The zero-order chi connectivity index (χ0) is 9.84. The van der Waals surface area contributed by atoms with Crippen molar-refractivity contribution in [3.63, 3.8) is 0 Å². The van der Waals surface area contributed by atoms with Crippen LogP contribution in [0.15, 0.2) is 22.8 Å². The molecule has 0 aromatic carbocycles. The summed E-state index contributed by atoms with van der Waals surface area (Å²) in [5.41, 5.74) is -1.51. The van der Waals surface area contributed by atoms with Gasteiger partial charge in [0.05, 0.1) is 18.7 Å². The summed E-state index contributed by atoms with van der Waals surface area (Å²) in [6, 6.07) is 3.06. The maximum absolute atomic E-state index is 10.4. The highest BCUT2D eigenvalue weighted by molar-refractivity contribution is 7.38. The minimum absolute atomic E-state index is 0.186. The Morgan fingerprint density at radius 2 is 2.38 bits per heavy atom. The average Bonchev–Trinajstić information content (AvgIpc) is 2.50. The van der Waals surface area contributed by atoms with Gasteiger partial charge >= 0.3 is 8.03 Å². The van der Waals surface area contributed by atoms with E-state index in [0.717, 1.165) is 0 Å². The lowest BCUT2D eigenvalue weighted by Gasteiger charge is -2.07. The van der Waals surface area contributed by atoms with E-state index in [9.17, 15) is 19.4 Å². The summed E-state index contributed by atoms with van der Waals surface area (Å²) in [5, 5.41) is 10.3. The molecule has 0 aliphatic heterocycles. The summed E-state index contributed by atoms with van der Waals surface area (Å²) in [7, 11) is -3.03. The maximum atomic E-state index is 10.4. The highest BCUT2D eigenvalue weighted by Gasteiger charge is 2.24. The van der Waals surface area contributed by atoms with Crippen LogP contribution in [-0.2, 0) is 15.8 Å². The molecule has 1 heterocycles. The van der Waals surface area contributed by atoms with E-state index in [4.69, 9.17) is 4.42 Å². The molecular formula is C7H6O5P-. The van der Waals surface area contributed by atoms with Gasteiger partial charge in [-0.3, -0.25) is 0 Å². The van der Waals surface area contributed by atoms with Gasteiger partial charge < -0.3 is 19.2 Å². The molecule has 0 radical (unpaired) electrons. The Kier molecular flexibility index (Phi) is 3.17. The summed E-state index contributed by atoms with van der Waals surface area (Å²) < 4.78 is 15.2. The Hall–Kier alpha value is -1.19. The molecule has 1 aromatic rings. The fourth-order valence-electron chi connectivity index (χ4n) is 0.863. The second kappa shape index (κ2) is 4.16. The third-order valence-corrected chi connectivity index (χ3v) is 2.40. The van der Waals surface area contributed by atoms with Gasteiger partial charge in [-0.1, -0.05) is 4.57 Å². The zero-order valence-electron chi connectivity index (χ0n) is 6.50. The van der Waals surface area contributed by atoms with Crippen molar-refractivity contribution in [2.45, 2.75) is 12.1 Å². The van der Waals surface area contributed by atoms with Gasteiger partial charge in [-0.15, -0.1) is 0 Å². The average molecular weight is 201 g/mol. The van der Waals surface area contributed by atoms with Gasteiger partial charge in [-0.2, -0.15) is 0 Å². The van der Waals surface area contributed by atoms with E-state index in [-0.39, 0.29) is 6.42 Å². The fraction of sp³-hybridized carbons (Fsp3) is 0.286. The van der Waals surface area contributed by atoms with Crippen LogP contribution in [0, 0.1) is 0 Å². The zero-order valence-corrected chi connectivity index (χ0v) is 7.40. The number of carboxylic acid groups (broad SMARTS) is 1. The monoisotopic (exact) mass is 201 g/mol. The Bertz CT molecular complexity index is 291. The second-order valence-electron chi connectivity index (χ2n) is 2.40. The number of carbonyl (C=O) groups excluding carboxylic acids is 1. The van der Waals surface area contributed by atoms with E-state index in [0.29, 0.717) is 5.76 Å². The first kappa shape index (κ1) is 9.89. The first-order valence-electron chi connectivity index (χ1n) is 3.48. The Balaban J connectivity index is 2.69. The number of hydrogen-bond donors (Lipinski definition) is 0. The first-order valence-corrected chi connectivity index (χ1v) is 4.72. The molecule has 0 bridgehead atoms. The van der Waals surface area contributed by atoms with Crippen LogP contribution >= 0.6 is 8.03 Å². The van der Waals surface area contributed by atoms with Crippen molar-refractivity contribution in [3.05, 3.63) is 24.2 Å². The Morgan fingerprint density at radius 1 is 1.69 bits per heavy atom. The van der Waals surface area contributed by atoms with Crippen molar-refractivity contribution < 1.29 is 23.8 Å². The van der Waals surface area contributed by atoms with Crippen LogP contribution in [0.3, 0.4) is 0 Å². The van der Waals surface area contributed by atoms with Crippen molar-refractivity contribution in [3.8, 4) is 0 Å². The molecular weight excluding hydrogens is 195 g/mol. The lowest BCUT2D eigenvalue weighted by molar-refractivity contribution is -0.306. The van der Waals surface area contributed by atoms with Gasteiger partial charge in [-0.25, -0.2) is 0 Å². The molecule has 5 nitrogen and oxygen atoms in total. The Morgan fingerprint density at radius 3 is 2.77 bits per heavy atom. The molecule has 0 aliphatic carbocycles. The van der Waals surface area contributed by atoms with Gasteiger partial charge in [0.15, 0.2) is 5.66 Å². The van der Waals surface area contributed by atoms with E-state index >= 15 is 0 Å². The molecule has 0 spiro atoms. The van der Waals surface area contributed by atoms with Gasteiger partial charge in [0, 0.05) is 0 Å². The molecule has 1 aromatic heterocycles. The first-order chi connectivity index (χ1) is 6.11. The quantitative estimate of drug-likeness (QED) is 0.585. The smallest absolute Gasteiger partial charge is 0.318 e. The van der Waals surface area contributed by atoms with Gasteiger partial charge in [0.25, 0.3) is 0 Å². The summed E-state index contributed by atoms with van der Waals surface area (Å²) >= 11 is 0. The molecule has 1 unspecified atom stereocenters. The minimum Gasteiger partial charge on any atom is -0.595 e. The minimum atomic E-state index is -3.03. The van der Waals surface area contributed by atoms with Gasteiger partial charge in [-0.05, 0) is 12.1 Å². The number of carboxylic acids is 1. The number of rotatable bonds is 4. The summed E-state index contributed by atoms with van der Waals surface area (Å²) in [6.07, 6.45) is 1.16. The molecule has 6 heteroatoms. The number of carbonyl (C=O) groups is 1. The second-order valence-corrected chi connectivity index (χ2v) is 3.60. The van der Waals surface area contributed by atoms with E-state index in [1.54, 1.807) is 6.07 Å². The SMILES string of the molecule is O=C([O-])[C@H](Cc1ccco1)[P+](=O)[O-]. The van der Waals surface area contributed by atoms with E-state index < -0.39 is 19.7 Å². The topological polar surface area (TPSA) is 93.4 Å². The maximum Gasteiger partial charge on any atom is 0.318 e. The molecule has 0 fully saturated rings. The summed E-state index contributed by atoms with van der Waals surface area (Å²) in [6.45, 7) is 0. The Labute approximate surface area is 74.9 Å². The molecule has 0 saturated heterocycles. The lowest BCUT2D eigenvalue weighted by Crippen LogP contribution is -2.36. The molecule has 1 rings (SSSR count). The van der Waals surface area contributed by atoms with Crippen LogP contribution in [0.2, 0.25) is 0 Å². The van der Waals surface area contributed by atoms with Crippen LogP contribution in [0.5, 0.6) is 0 Å². The standard InChI is InChI=1S/C7H7O5P/c8-7(9)6(13(10)11)4-5-2-1-3-12-5/h1-3,6H,4H2,(H,8,9)/p-1/t6-/m0/s1. The molecule has 13 heavy (non-hydrogen) atoms. The van der Waals surface area contributed by atoms with Gasteiger partial charge in [0.2, 0.25) is 0 Å². The third-order valence-electron chi connectivity index (χ3n) is 1.50. The molecule has 70 valence electrons. The van der Waals surface area contributed by atoms with Crippen molar-refractivity contribution in [2.24, 2.45) is 0 Å². The molecule has 0 N–H and O–H groups in total. The predicted molar refractivity (Wildman–Crippen MR) is 38.8 cm³/mol. The molecule has 2 atom stereocenters. The van der Waals surface area contributed by atoms with Crippen LogP contribution in [0.4, 0.5) is 0 Å². The van der Waals surface area contributed by atoms with E-state index in [2.05, 4.69) is 0 Å². The van der Waals surface area contributed by atoms with E-state index in [1.165, 1.54) is 12.3 Å². The van der Waals surface area contributed by atoms with Crippen LogP contribution in [0.1, 0.15) is 5.76 Å². The number of furan rings is 1. The highest BCUT2D eigenvalue weighted by atomic mass is 31.1.